The first-order valence-corrected chi connectivity index (χ1v) is 10.5. The molecular weight excluding hydrogens is 400 g/mol. The van der Waals surface area contributed by atoms with Crippen LogP contribution >= 0.6 is 11.3 Å². The quantitative estimate of drug-likeness (QED) is 0.402. The van der Waals surface area contributed by atoms with Crippen molar-refractivity contribution in [3.05, 3.63) is 22.4 Å². The van der Waals surface area contributed by atoms with E-state index in [2.05, 4.69) is 9.76 Å². The highest BCUT2D eigenvalue weighted by molar-refractivity contribution is 7.80. The molecule has 148 valence electrons. The van der Waals surface area contributed by atoms with Gasteiger partial charge in [0.25, 0.3) is 5.91 Å². The van der Waals surface area contributed by atoms with Crippen molar-refractivity contribution < 1.29 is 31.7 Å². The number of nitrogens with two attached hydrogens (primary N) is 1. The number of carbonyl (C=O) groups excluding carboxylic acids is 2. The van der Waals surface area contributed by atoms with Gasteiger partial charge in [-0.2, -0.15) is 13.5 Å². The van der Waals surface area contributed by atoms with Crippen molar-refractivity contribution in [2.75, 3.05) is 13.2 Å². The summed E-state index contributed by atoms with van der Waals surface area (Å²) in [5, 5.41) is 2.53. The number of hydroxylamine groups is 3. The zero-order valence-electron chi connectivity index (χ0n) is 13.9. The largest absolute Gasteiger partial charge is 0.418 e. The van der Waals surface area contributed by atoms with Crippen molar-refractivity contribution >= 4 is 33.7 Å². The molecule has 5 atom stereocenters. The normalized spacial score (nSPS) is 30.2. The van der Waals surface area contributed by atoms with E-state index in [1.807, 2.05) is 17.5 Å². The number of piperidine rings is 1. The molecule has 4 N–H and O–H groups in total. The van der Waals surface area contributed by atoms with Gasteiger partial charge in [-0.05, 0) is 29.7 Å². The van der Waals surface area contributed by atoms with Gasteiger partial charge in [-0.25, -0.2) is 10.3 Å². The van der Waals surface area contributed by atoms with Gasteiger partial charge in [0.05, 0.1) is 18.7 Å². The molecule has 2 aliphatic heterocycles. The summed E-state index contributed by atoms with van der Waals surface area (Å²) in [6.45, 7) is 0.212. The Bertz CT molecular complexity index is 846. The molecule has 0 aromatic carbocycles. The minimum atomic E-state index is -4.83. The maximum Gasteiger partial charge on any atom is 0.418 e. The zero-order valence-corrected chi connectivity index (χ0v) is 15.6. The lowest BCUT2D eigenvalue weighted by atomic mass is 10.0. The molecular formula is C14H18N4O7S2. The molecule has 1 saturated carbocycles. The average molecular weight is 418 g/mol. The molecule has 1 aromatic heterocycles. The van der Waals surface area contributed by atoms with Crippen molar-refractivity contribution in [2.45, 2.75) is 24.5 Å². The summed E-state index contributed by atoms with van der Waals surface area (Å²) < 4.78 is 35.2. The summed E-state index contributed by atoms with van der Waals surface area (Å²) in [6, 6.07) is 1.27. The minimum absolute atomic E-state index is 0.0708. The number of nitrogens with one attached hydrogen (secondary N) is 1. The third kappa shape index (κ3) is 3.53. The van der Waals surface area contributed by atoms with Crippen LogP contribution in [0.3, 0.4) is 0 Å². The van der Waals surface area contributed by atoms with Crippen LogP contribution in [0.5, 0.6) is 0 Å². The third-order valence-corrected chi connectivity index (χ3v) is 6.39. The Labute approximate surface area is 158 Å². The summed E-state index contributed by atoms with van der Waals surface area (Å²) in [4.78, 5) is 32.3. The van der Waals surface area contributed by atoms with E-state index in [1.54, 1.807) is 0 Å². The van der Waals surface area contributed by atoms with Crippen LogP contribution in [-0.4, -0.2) is 60.1 Å². The van der Waals surface area contributed by atoms with E-state index in [9.17, 15) is 18.0 Å². The van der Waals surface area contributed by atoms with Gasteiger partial charge in [0.2, 0.25) is 0 Å². The van der Waals surface area contributed by atoms with E-state index in [0.717, 1.165) is 4.88 Å². The first-order chi connectivity index (χ1) is 12.8. The fraction of sp³-hybridized carbons (Fsp3) is 0.571. The Balaban J connectivity index is 1.37. The van der Waals surface area contributed by atoms with Crippen LogP contribution in [0.15, 0.2) is 17.5 Å². The Morgan fingerprint density at radius 2 is 2.26 bits per heavy atom. The first-order valence-electron chi connectivity index (χ1n) is 8.23. The van der Waals surface area contributed by atoms with Crippen LogP contribution in [-0.2, 0) is 24.3 Å². The summed E-state index contributed by atoms with van der Waals surface area (Å²) in [6.07, 6.45) is 0.645. The molecule has 11 nitrogen and oxygen atoms in total. The SMILES string of the molecule is NC(CONC(=O)[C@@H]1C2CC2[C@@H]2CN1C(=O)N2OS(=O)(=O)O)c1cccs1. The molecule has 13 heteroatoms. The summed E-state index contributed by atoms with van der Waals surface area (Å²) >= 11 is 1.48. The van der Waals surface area contributed by atoms with Gasteiger partial charge in [-0.3, -0.25) is 14.2 Å². The predicted octanol–water partition coefficient (Wildman–Crippen LogP) is -0.345. The molecule has 27 heavy (non-hydrogen) atoms. The Kier molecular flexibility index (Phi) is 4.60. The highest BCUT2D eigenvalue weighted by Crippen LogP contribution is 2.53. The maximum atomic E-state index is 12.5. The number of hydrogen-bond acceptors (Lipinski definition) is 8. The maximum absolute atomic E-state index is 12.5. The predicted molar refractivity (Wildman–Crippen MR) is 91.1 cm³/mol. The number of urea groups is 1. The Morgan fingerprint density at radius 1 is 1.48 bits per heavy atom. The smallest absolute Gasteiger partial charge is 0.321 e. The van der Waals surface area contributed by atoms with Gasteiger partial charge in [-0.15, -0.1) is 15.6 Å². The Hall–Kier alpha value is -1.77. The van der Waals surface area contributed by atoms with Crippen LogP contribution in [0.25, 0.3) is 0 Å². The monoisotopic (exact) mass is 418 g/mol. The molecule has 4 rings (SSSR count). The number of nitrogens with zero attached hydrogens (tertiary/aromatic N) is 2. The topological polar surface area (TPSA) is 151 Å². The van der Waals surface area contributed by atoms with Crippen molar-refractivity contribution in [3.8, 4) is 0 Å². The third-order valence-electron chi connectivity index (χ3n) is 5.03. The van der Waals surface area contributed by atoms with Crippen LogP contribution in [0.4, 0.5) is 4.79 Å². The number of rotatable bonds is 7. The second-order valence-electron chi connectivity index (χ2n) is 6.74. The van der Waals surface area contributed by atoms with Crippen LogP contribution in [0.1, 0.15) is 17.3 Å². The second kappa shape index (κ2) is 6.68. The molecule has 2 saturated heterocycles. The van der Waals surface area contributed by atoms with E-state index < -0.39 is 34.4 Å². The van der Waals surface area contributed by atoms with Crippen molar-refractivity contribution in [1.29, 1.82) is 0 Å². The fourth-order valence-corrected chi connectivity index (χ4v) is 4.90. The van der Waals surface area contributed by atoms with Crippen LogP contribution in [0.2, 0.25) is 0 Å². The number of hydrogen-bond donors (Lipinski definition) is 3. The number of carbonyl (C=O) groups is 2. The van der Waals surface area contributed by atoms with E-state index in [1.165, 1.54) is 16.2 Å². The average Bonchev–Trinajstić information content (AvgIpc) is 3.09. The van der Waals surface area contributed by atoms with Gasteiger partial charge in [0.1, 0.15) is 6.04 Å². The molecule has 1 aromatic rings. The van der Waals surface area contributed by atoms with Crippen LogP contribution in [0, 0.1) is 11.8 Å². The second-order valence-corrected chi connectivity index (χ2v) is 8.72. The molecule has 0 radical (unpaired) electrons. The summed E-state index contributed by atoms with van der Waals surface area (Å²) in [5.74, 6) is -0.683. The van der Waals surface area contributed by atoms with Crippen molar-refractivity contribution in [3.63, 3.8) is 0 Å². The highest BCUT2D eigenvalue weighted by Gasteiger charge is 2.65. The molecule has 3 unspecified atom stereocenters. The van der Waals surface area contributed by atoms with Gasteiger partial charge in [-0.1, -0.05) is 6.07 Å². The van der Waals surface area contributed by atoms with Gasteiger partial charge < -0.3 is 10.6 Å². The van der Waals surface area contributed by atoms with Gasteiger partial charge >= 0.3 is 16.4 Å². The van der Waals surface area contributed by atoms with Crippen molar-refractivity contribution in [2.24, 2.45) is 17.6 Å². The van der Waals surface area contributed by atoms with Gasteiger partial charge in [0.15, 0.2) is 0 Å². The fourth-order valence-electron chi connectivity index (χ4n) is 3.81. The molecule has 3 heterocycles. The molecule has 3 aliphatic rings. The zero-order chi connectivity index (χ0) is 19.3. The van der Waals surface area contributed by atoms with Crippen molar-refractivity contribution in [1.82, 2.24) is 15.4 Å². The summed E-state index contributed by atoms with van der Waals surface area (Å²) in [7, 11) is -4.83. The molecule has 0 spiro atoms. The number of thiophene rings is 1. The first kappa shape index (κ1) is 18.6. The molecule has 3 fully saturated rings. The lowest BCUT2D eigenvalue weighted by molar-refractivity contribution is -0.139. The minimum Gasteiger partial charge on any atom is -0.321 e. The standard InChI is InChI=1S/C14H18N4O7S2/c15-9(11-2-1-3-26-11)6-24-16-13(19)12-8-4-7(8)10-5-17(12)14(20)18(10)25-27(21,22)23/h1-3,7-10,12H,4-6,15H2,(H,16,19)(H,21,22,23)/t7?,8?,9?,10-,12-/m0/s1. The lowest BCUT2D eigenvalue weighted by Gasteiger charge is -2.28. The van der Waals surface area contributed by atoms with E-state index in [-0.39, 0.29) is 31.0 Å². The summed E-state index contributed by atoms with van der Waals surface area (Å²) in [5.41, 5.74) is 8.30. The van der Waals surface area contributed by atoms with Crippen LogP contribution < -0.4 is 11.2 Å². The lowest BCUT2D eigenvalue weighted by Crippen LogP contribution is -2.51. The molecule has 1 aliphatic carbocycles. The number of fused-ring (bicyclic) bond motifs is 4. The Morgan fingerprint density at radius 3 is 2.93 bits per heavy atom. The van der Waals surface area contributed by atoms with Gasteiger partial charge in [0, 0.05) is 11.4 Å². The van der Waals surface area contributed by atoms with E-state index >= 15 is 0 Å². The van der Waals surface area contributed by atoms with E-state index in [4.69, 9.17) is 15.1 Å². The molecule has 2 bridgehead atoms. The van der Waals surface area contributed by atoms with E-state index in [0.29, 0.717) is 11.5 Å². The highest BCUT2D eigenvalue weighted by atomic mass is 32.3. The number of amides is 3. The molecule has 3 amide bonds.